The van der Waals surface area contributed by atoms with E-state index in [2.05, 4.69) is 0 Å². The molecule has 6 nitrogen and oxygen atoms in total. The molecule has 1 N–H and O–H groups in total. The summed E-state index contributed by atoms with van der Waals surface area (Å²) in [5, 5.41) is 9.37. The molecule has 7 heteroatoms. The first-order valence-corrected chi connectivity index (χ1v) is 7.83. The molecule has 1 heterocycles. The summed E-state index contributed by atoms with van der Waals surface area (Å²) >= 11 is 0. The molecule has 1 atom stereocenters. The number of hydrogen-bond acceptors (Lipinski definition) is 5. The van der Waals surface area contributed by atoms with Crippen LogP contribution >= 0.6 is 0 Å². The second-order valence-electron chi connectivity index (χ2n) is 5.10. The molecule has 1 amide bonds. The number of rotatable bonds is 4. The average Bonchev–Trinajstić information content (AvgIpc) is 2.59. The van der Waals surface area contributed by atoms with Gasteiger partial charge in [0.05, 0.1) is 36.3 Å². The van der Waals surface area contributed by atoms with Gasteiger partial charge in [0, 0.05) is 0 Å². The minimum Gasteiger partial charge on any atom is -0.450 e. The van der Waals surface area contributed by atoms with Gasteiger partial charge < -0.3 is 9.84 Å². The zero-order chi connectivity index (χ0) is 14.0. The molecule has 1 fully saturated rings. The summed E-state index contributed by atoms with van der Waals surface area (Å²) in [5.41, 5.74) is -0.837. The third kappa shape index (κ3) is 3.35. The molecule has 0 aliphatic carbocycles. The van der Waals surface area contributed by atoms with Crippen LogP contribution < -0.4 is 0 Å². The molecule has 1 aliphatic heterocycles. The van der Waals surface area contributed by atoms with E-state index in [1.165, 1.54) is 4.90 Å². The van der Waals surface area contributed by atoms with E-state index in [0.29, 0.717) is 6.42 Å². The van der Waals surface area contributed by atoms with Gasteiger partial charge in [0.15, 0.2) is 9.84 Å². The van der Waals surface area contributed by atoms with Gasteiger partial charge in [-0.3, -0.25) is 4.90 Å². The molecule has 0 aromatic carbocycles. The summed E-state index contributed by atoms with van der Waals surface area (Å²) in [6.45, 7) is 5.04. The van der Waals surface area contributed by atoms with Crippen molar-refractivity contribution in [1.29, 1.82) is 0 Å². The number of amides is 1. The molecule has 1 rings (SSSR count). The minimum atomic E-state index is -3.09. The van der Waals surface area contributed by atoms with Gasteiger partial charge in [0.25, 0.3) is 0 Å². The Kier molecular flexibility index (Phi) is 4.61. The lowest BCUT2D eigenvalue weighted by Gasteiger charge is -2.40. The average molecular weight is 279 g/mol. The largest absolute Gasteiger partial charge is 0.450 e. The molecule has 0 aromatic rings. The first-order valence-electron chi connectivity index (χ1n) is 6.01. The lowest BCUT2D eigenvalue weighted by molar-refractivity contribution is 0.0187. The van der Waals surface area contributed by atoms with E-state index in [4.69, 9.17) is 4.74 Å². The fourth-order valence-electron chi connectivity index (χ4n) is 2.14. The SMILES string of the molecule is CCOC(=O)N([C@@H]1CCS(=O)(=O)C1)C(C)(C)CO. The highest BCUT2D eigenvalue weighted by Crippen LogP contribution is 2.26. The van der Waals surface area contributed by atoms with Crippen LogP contribution in [0, 0.1) is 0 Å². The Morgan fingerprint density at radius 3 is 2.50 bits per heavy atom. The highest BCUT2D eigenvalue weighted by atomic mass is 32.2. The highest BCUT2D eigenvalue weighted by molar-refractivity contribution is 7.91. The molecule has 1 aliphatic rings. The maximum Gasteiger partial charge on any atom is 0.410 e. The second kappa shape index (κ2) is 5.44. The molecule has 0 saturated carbocycles. The van der Waals surface area contributed by atoms with E-state index < -0.39 is 27.5 Å². The predicted molar refractivity (Wildman–Crippen MR) is 67.1 cm³/mol. The first kappa shape index (κ1) is 15.2. The maximum atomic E-state index is 11.9. The fraction of sp³-hybridized carbons (Fsp3) is 0.909. The van der Waals surface area contributed by atoms with Gasteiger partial charge in [0.2, 0.25) is 0 Å². The quantitative estimate of drug-likeness (QED) is 0.805. The number of nitrogens with zero attached hydrogens (tertiary/aromatic N) is 1. The van der Waals surface area contributed by atoms with Crippen molar-refractivity contribution in [2.75, 3.05) is 24.7 Å². The van der Waals surface area contributed by atoms with E-state index in [1.54, 1.807) is 20.8 Å². The molecule has 0 spiro atoms. The Bertz CT molecular complexity index is 404. The van der Waals surface area contributed by atoms with Crippen LogP contribution in [0.25, 0.3) is 0 Å². The Labute approximate surface area is 108 Å². The van der Waals surface area contributed by atoms with Crippen LogP contribution in [0.5, 0.6) is 0 Å². The van der Waals surface area contributed by atoms with Crippen molar-refractivity contribution >= 4 is 15.9 Å². The molecule has 106 valence electrons. The van der Waals surface area contributed by atoms with Gasteiger partial charge in [-0.25, -0.2) is 13.2 Å². The summed E-state index contributed by atoms with van der Waals surface area (Å²) in [4.78, 5) is 13.3. The van der Waals surface area contributed by atoms with Gasteiger partial charge >= 0.3 is 6.09 Å². The molecule has 0 bridgehead atoms. The van der Waals surface area contributed by atoms with Crippen molar-refractivity contribution in [3.05, 3.63) is 0 Å². The Morgan fingerprint density at radius 1 is 1.50 bits per heavy atom. The second-order valence-corrected chi connectivity index (χ2v) is 7.33. The zero-order valence-electron chi connectivity index (χ0n) is 11.0. The van der Waals surface area contributed by atoms with E-state index in [0.717, 1.165) is 0 Å². The van der Waals surface area contributed by atoms with Gasteiger partial charge in [-0.2, -0.15) is 0 Å². The Balaban J connectivity index is 2.95. The van der Waals surface area contributed by atoms with E-state index in [-0.39, 0.29) is 24.7 Å². The third-order valence-electron chi connectivity index (χ3n) is 3.08. The van der Waals surface area contributed by atoms with Crippen molar-refractivity contribution < 1.29 is 23.1 Å². The number of aliphatic hydroxyl groups excluding tert-OH is 1. The summed E-state index contributed by atoms with van der Waals surface area (Å²) in [7, 11) is -3.09. The summed E-state index contributed by atoms with van der Waals surface area (Å²) in [6, 6.07) is -0.420. The van der Waals surface area contributed by atoms with Crippen molar-refractivity contribution in [1.82, 2.24) is 4.90 Å². The van der Waals surface area contributed by atoms with E-state index >= 15 is 0 Å². The van der Waals surface area contributed by atoms with Gasteiger partial charge in [-0.1, -0.05) is 0 Å². The number of sulfone groups is 1. The van der Waals surface area contributed by atoms with Crippen LogP contribution in [0.3, 0.4) is 0 Å². The van der Waals surface area contributed by atoms with Gasteiger partial charge in [0.1, 0.15) is 0 Å². The zero-order valence-corrected chi connectivity index (χ0v) is 11.9. The van der Waals surface area contributed by atoms with E-state index in [9.17, 15) is 18.3 Å². The monoisotopic (exact) mass is 279 g/mol. The number of aliphatic hydroxyl groups is 1. The molecule has 1 saturated heterocycles. The third-order valence-corrected chi connectivity index (χ3v) is 4.83. The maximum absolute atomic E-state index is 11.9. The number of ether oxygens (including phenoxy) is 1. The van der Waals surface area contributed by atoms with Crippen molar-refractivity contribution in [3.63, 3.8) is 0 Å². The van der Waals surface area contributed by atoms with E-state index in [1.807, 2.05) is 0 Å². The fourth-order valence-corrected chi connectivity index (χ4v) is 3.84. The minimum absolute atomic E-state index is 0.0603. The number of hydrogen-bond donors (Lipinski definition) is 1. The summed E-state index contributed by atoms with van der Waals surface area (Å²) in [5.74, 6) is 0.0182. The normalized spacial score (nSPS) is 22.8. The van der Waals surface area contributed by atoms with Crippen LogP contribution in [0.15, 0.2) is 0 Å². The number of carbonyl (C=O) groups is 1. The predicted octanol–water partition coefficient (Wildman–Crippen LogP) is 0.403. The smallest absolute Gasteiger partial charge is 0.410 e. The van der Waals surface area contributed by atoms with Crippen LogP contribution in [0.1, 0.15) is 27.2 Å². The van der Waals surface area contributed by atoms with Crippen molar-refractivity contribution in [2.24, 2.45) is 0 Å². The van der Waals surface area contributed by atoms with Crippen LogP contribution in [0.2, 0.25) is 0 Å². The lowest BCUT2D eigenvalue weighted by atomic mass is 10.0. The number of carbonyl (C=O) groups excluding carboxylic acids is 1. The van der Waals surface area contributed by atoms with Crippen molar-refractivity contribution in [2.45, 2.75) is 38.8 Å². The first-order chi connectivity index (χ1) is 8.23. The molecule has 0 radical (unpaired) electrons. The Morgan fingerprint density at radius 2 is 2.11 bits per heavy atom. The Hall–Kier alpha value is -0.820. The highest BCUT2D eigenvalue weighted by Gasteiger charge is 2.42. The summed E-state index contributed by atoms with van der Waals surface area (Å²) < 4.78 is 28.0. The van der Waals surface area contributed by atoms with Crippen molar-refractivity contribution in [3.8, 4) is 0 Å². The summed E-state index contributed by atoms with van der Waals surface area (Å²) in [6.07, 6.45) is -0.177. The lowest BCUT2D eigenvalue weighted by Crippen LogP contribution is -2.55. The molecule has 0 unspecified atom stereocenters. The van der Waals surface area contributed by atoms with Gasteiger partial charge in [-0.05, 0) is 27.2 Å². The molecular formula is C11H21NO5S. The van der Waals surface area contributed by atoms with Crippen LogP contribution in [0.4, 0.5) is 4.79 Å². The molecular weight excluding hydrogens is 258 g/mol. The molecule has 18 heavy (non-hydrogen) atoms. The van der Waals surface area contributed by atoms with Crippen LogP contribution in [-0.4, -0.2) is 60.8 Å². The molecule has 0 aromatic heterocycles. The standard InChI is InChI=1S/C11H21NO5S/c1-4-17-10(14)12(11(2,3)8-13)9-5-6-18(15,16)7-9/h9,13H,4-8H2,1-3H3/t9-/m1/s1. The van der Waals surface area contributed by atoms with Gasteiger partial charge in [-0.15, -0.1) is 0 Å². The van der Waals surface area contributed by atoms with Crippen LogP contribution in [-0.2, 0) is 14.6 Å². The topological polar surface area (TPSA) is 83.9 Å².